The highest BCUT2D eigenvalue weighted by Crippen LogP contribution is 2.16. The molecule has 0 aliphatic carbocycles. The van der Waals surface area contributed by atoms with Crippen molar-refractivity contribution in [3.05, 3.63) is 48.0 Å². The Balaban J connectivity index is 1.74. The number of benzene rings is 1. The topological polar surface area (TPSA) is 87.1 Å². The molecule has 142 valence electrons. The lowest BCUT2D eigenvalue weighted by Gasteiger charge is -2.19. The molecule has 0 aromatic heterocycles. The van der Waals surface area contributed by atoms with Crippen molar-refractivity contribution in [3.8, 4) is 0 Å². The molecule has 6 nitrogen and oxygen atoms in total. The van der Waals surface area contributed by atoms with Gasteiger partial charge in [0.1, 0.15) is 6.61 Å². The van der Waals surface area contributed by atoms with Gasteiger partial charge in [-0.2, -0.15) is 0 Å². The van der Waals surface area contributed by atoms with Gasteiger partial charge in [0.25, 0.3) is 0 Å². The first kappa shape index (κ1) is 20.0. The van der Waals surface area contributed by atoms with E-state index in [-0.39, 0.29) is 18.6 Å². The Bertz CT molecular complexity index is 601. The number of carboxylic acids is 1. The van der Waals surface area contributed by atoms with Crippen molar-refractivity contribution in [2.24, 2.45) is 0 Å². The van der Waals surface area contributed by atoms with E-state index in [2.05, 4.69) is 0 Å². The lowest BCUT2D eigenvalue weighted by atomic mass is 10.1. The van der Waals surface area contributed by atoms with Gasteiger partial charge in [-0.15, -0.1) is 0 Å². The summed E-state index contributed by atoms with van der Waals surface area (Å²) in [6, 6.07) is 9.59. The summed E-state index contributed by atoms with van der Waals surface area (Å²) in [5.41, 5.74) is 1.06. The van der Waals surface area contributed by atoms with Crippen LogP contribution in [0.1, 0.15) is 37.7 Å². The number of amides is 1. The number of cyclic esters (lactones) is 1. The predicted molar refractivity (Wildman–Crippen MR) is 97.9 cm³/mol. The minimum absolute atomic E-state index is 0.160. The summed E-state index contributed by atoms with van der Waals surface area (Å²) >= 11 is 0. The van der Waals surface area contributed by atoms with Gasteiger partial charge in [-0.3, -0.25) is 9.69 Å². The van der Waals surface area contributed by atoms with Gasteiger partial charge in [0, 0.05) is 19.4 Å². The molecule has 0 bridgehead atoms. The van der Waals surface area contributed by atoms with Gasteiger partial charge in [-0.25, -0.2) is 4.79 Å². The molecule has 2 unspecified atom stereocenters. The highest BCUT2D eigenvalue weighted by molar-refractivity contribution is 5.70. The molecule has 26 heavy (non-hydrogen) atoms. The monoisotopic (exact) mass is 361 g/mol. The van der Waals surface area contributed by atoms with Gasteiger partial charge in [0.15, 0.2) is 0 Å². The maximum absolute atomic E-state index is 11.9. The third-order valence-corrected chi connectivity index (χ3v) is 4.40. The number of carbonyl (C=O) groups excluding carboxylic acids is 1. The molecule has 0 spiro atoms. The number of aliphatic carboxylic acids is 1. The Morgan fingerprint density at radius 1 is 1.23 bits per heavy atom. The summed E-state index contributed by atoms with van der Waals surface area (Å²) < 4.78 is 5.11. The Labute approximate surface area is 154 Å². The number of nitrogens with zero attached hydrogens (tertiary/aromatic N) is 1. The first-order valence-corrected chi connectivity index (χ1v) is 9.12. The summed E-state index contributed by atoms with van der Waals surface area (Å²) in [6.07, 6.45) is 6.53. The number of aliphatic hydroxyl groups excluding tert-OH is 1. The zero-order valence-corrected chi connectivity index (χ0v) is 14.9. The molecule has 1 aliphatic heterocycles. The highest BCUT2D eigenvalue weighted by Gasteiger charge is 2.30. The van der Waals surface area contributed by atoms with Crippen LogP contribution in [-0.4, -0.2) is 52.5 Å². The number of carboxylic acid groups (broad SMARTS) is 1. The molecule has 2 rings (SSSR count). The quantitative estimate of drug-likeness (QED) is 0.467. The Morgan fingerprint density at radius 2 is 1.96 bits per heavy atom. The molecule has 1 aliphatic rings. The fourth-order valence-corrected chi connectivity index (χ4v) is 2.97. The normalized spacial score (nSPS) is 18.3. The number of carbonyl (C=O) groups is 2. The molecule has 0 radical (unpaired) electrons. The average molecular weight is 361 g/mol. The number of ether oxygens (including phenoxy) is 1. The Morgan fingerprint density at radius 3 is 2.69 bits per heavy atom. The van der Waals surface area contributed by atoms with Crippen LogP contribution in [-0.2, 0) is 16.0 Å². The second-order valence-electron chi connectivity index (χ2n) is 6.54. The summed E-state index contributed by atoms with van der Waals surface area (Å²) in [7, 11) is 0. The third-order valence-electron chi connectivity index (χ3n) is 4.40. The van der Waals surface area contributed by atoms with E-state index in [1.54, 1.807) is 11.0 Å². The molecule has 0 saturated carbocycles. The van der Waals surface area contributed by atoms with Crippen LogP contribution in [0.3, 0.4) is 0 Å². The minimum atomic E-state index is -0.771. The largest absolute Gasteiger partial charge is 0.481 e. The second kappa shape index (κ2) is 10.6. The predicted octanol–water partition coefficient (Wildman–Crippen LogP) is 3.00. The Kier molecular flexibility index (Phi) is 8.15. The van der Waals surface area contributed by atoms with Gasteiger partial charge < -0.3 is 14.9 Å². The van der Waals surface area contributed by atoms with Crippen molar-refractivity contribution in [2.45, 2.75) is 50.7 Å². The summed E-state index contributed by atoms with van der Waals surface area (Å²) in [5.74, 6) is -0.771. The van der Waals surface area contributed by atoms with Crippen molar-refractivity contribution < 1.29 is 24.5 Å². The molecule has 2 atom stereocenters. The lowest BCUT2D eigenvalue weighted by molar-refractivity contribution is -0.137. The smallest absolute Gasteiger partial charge is 0.410 e. The molecule has 1 heterocycles. The van der Waals surface area contributed by atoms with Crippen LogP contribution in [0.25, 0.3) is 0 Å². The molecule has 1 amide bonds. The van der Waals surface area contributed by atoms with Crippen LogP contribution >= 0.6 is 0 Å². The van der Waals surface area contributed by atoms with Crippen LogP contribution in [0, 0.1) is 0 Å². The SMILES string of the molecule is O=C(O)CCCCCCN1C(=O)OCC1C=CC(O)Cc1ccccc1. The van der Waals surface area contributed by atoms with Crippen molar-refractivity contribution >= 4 is 12.1 Å². The fourth-order valence-electron chi connectivity index (χ4n) is 2.97. The van der Waals surface area contributed by atoms with Crippen LogP contribution in [0.15, 0.2) is 42.5 Å². The zero-order valence-electron chi connectivity index (χ0n) is 14.9. The number of hydrogen-bond acceptors (Lipinski definition) is 4. The van der Waals surface area contributed by atoms with Crippen molar-refractivity contribution in [3.63, 3.8) is 0 Å². The van der Waals surface area contributed by atoms with E-state index >= 15 is 0 Å². The number of unbranched alkanes of at least 4 members (excludes halogenated alkanes) is 3. The van der Waals surface area contributed by atoms with Crippen molar-refractivity contribution in [2.75, 3.05) is 13.2 Å². The van der Waals surface area contributed by atoms with Gasteiger partial charge in [0.2, 0.25) is 0 Å². The fraction of sp³-hybridized carbons (Fsp3) is 0.500. The summed E-state index contributed by atoms with van der Waals surface area (Å²) in [6.45, 7) is 0.877. The van der Waals surface area contributed by atoms with Gasteiger partial charge >= 0.3 is 12.1 Å². The molecule has 1 aromatic carbocycles. The summed E-state index contributed by atoms with van der Waals surface area (Å²) in [4.78, 5) is 24.0. The number of rotatable bonds is 11. The van der Waals surface area contributed by atoms with E-state index in [1.807, 2.05) is 36.4 Å². The zero-order chi connectivity index (χ0) is 18.8. The second-order valence-corrected chi connectivity index (χ2v) is 6.54. The van der Waals surface area contributed by atoms with Crippen LogP contribution in [0.5, 0.6) is 0 Å². The van der Waals surface area contributed by atoms with Crippen LogP contribution in [0.2, 0.25) is 0 Å². The van der Waals surface area contributed by atoms with Crippen molar-refractivity contribution in [1.29, 1.82) is 0 Å². The first-order valence-electron chi connectivity index (χ1n) is 9.12. The van der Waals surface area contributed by atoms with Crippen LogP contribution in [0.4, 0.5) is 4.79 Å². The van der Waals surface area contributed by atoms with Gasteiger partial charge in [-0.05, 0) is 18.4 Å². The molecule has 2 N–H and O–H groups in total. The van der Waals surface area contributed by atoms with Crippen LogP contribution < -0.4 is 0 Å². The van der Waals surface area contributed by atoms with E-state index in [0.29, 0.717) is 26.0 Å². The summed E-state index contributed by atoms with van der Waals surface area (Å²) in [5, 5.41) is 18.8. The highest BCUT2D eigenvalue weighted by atomic mass is 16.6. The third kappa shape index (κ3) is 6.88. The molecule has 1 aromatic rings. The standard InChI is InChI=1S/C20H27NO5/c22-18(14-16-8-4-3-5-9-16)12-11-17-15-26-20(25)21(17)13-7-2-1-6-10-19(23)24/h3-5,8-9,11-12,17-18,22H,1-2,6-7,10,13-15H2,(H,23,24). The molecule has 6 heteroatoms. The van der Waals surface area contributed by atoms with E-state index in [1.165, 1.54) is 0 Å². The van der Waals surface area contributed by atoms with E-state index in [9.17, 15) is 14.7 Å². The number of aliphatic hydroxyl groups is 1. The van der Waals surface area contributed by atoms with E-state index < -0.39 is 12.1 Å². The number of hydrogen-bond donors (Lipinski definition) is 2. The maximum Gasteiger partial charge on any atom is 0.410 e. The van der Waals surface area contributed by atoms with Crippen molar-refractivity contribution in [1.82, 2.24) is 4.90 Å². The molecular weight excluding hydrogens is 334 g/mol. The van der Waals surface area contributed by atoms with Gasteiger partial charge in [0.05, 0.1) is 12.1 Å². The van der Waals surface area contributed by atoms with Gasteiger partial charge in [-0.1, -0.05) is 55.3 Å². The maximum atomic E-state index is 11.9. The van der Waals surface area contributed by atoms with E-state index in [0.717, 1.165) is 24.8 Å². The average Bonchev–Trinajstić information content (AvgIpc) is 2.97. The molecule has 1 saturated heterocycles. The molecular formula is C20H27NO5. The molecule has 1 fully saturated rings. The Hall–Kier alpha value is -2.34. The first-order chi connectivity index (χ1) is 12.6. The van der Waals surface area contributed by atoms with E-state index in [4.69, 9.17) is 9.84 Å². The lowest BCUT2D eigenvalue weighted by Crippen LogP contribution is -2.33. The minimum Gasteiger partial charge on any atom is -0.481 e.